The van der Waals surface area contributed by atoms with Crippen molar-refractivity contribution in [2.75, 3.05) is 24.6 Å². The van der Waals surface area contributed by atoms with E-state index in [-0.39, 0.29) is 0 Å². The fourth-order valence-corrected chi connectivity index (χ4v) is 4.28. The molecule has 136 valence electrons. The molecule has 0 saturated carbocycles. The number of benzene rings is 2. The second-order valence-corrected chi connectivity index (χ2v) is 7.17. The number of nitrogens with zero attached hydrogens (tertiary/aromatic N) is 2. The highest BCUT2D eigenvalue weighted by Crippen LogP contribution is 2.37. The lowest BCUT2D eigenvalue weighted by atomic mass is 9.97. The van der Waals surface area contributed by atoms with Crippen LogP contribution in [0.25, 0.3) is 0 Å². The highest BCUT2D eigenvalue weighted by atomic mass is 16.5. The Morgan fingerprint density at radius 1 is 1.12 bits per heavy atom. The van der Waals surface area contributed by atoms with E-state index < -0.39 is 5.72 Å². The van der Waals surface area contributed by atoms with Gasteiger partial charge in [-0.15, -0.1) is 0 Å². The Labute approximate surface area is 155 Å². The average Bonchev–Trinajstić information content (AvgIpc) is 2.97. The monoisotopic (exact) mass is 351 g/mol. The molecule has 1 atom stereocenters. The molecule has 0 unspecified atom stereocenters. The molecule has 0 spiro atoms. The van der Waals surface area contributed by atoms with Crippen molar-refractivity contribution in [2.45, 2.75) is 38.8 Å². The molecule has 0 fully saturated rings. The number of β-amino-alcohol motifs (C(OH)–C–C–N with tert-alkyl or cyclic N) is 1. The maximum absolute atomic E-state index is 11.7. The third-order valence-electron chi connectivity index (χ3n) is 5.52. The van der Waals surface area contributed by atoms with Crippen LogP contribution >= 0.6 is 0 Å². The van der Waals surface area contributed by atoms with Crippen LogP contribution in [0.4, 0.5) is 5.69 Å². The first kappa shape index (κ1) is 17.1. The van der Waals surface area contributed by atoms with Gasteiger partial charge >= 0.3 is 0 Å². The highest BCUT2D eigenvalue weighted by molar-refractivity contribution is 5.96. The number of aryl methyl sites for hydroxylation is 1. The third kappa shape index (κ3) is 2.78. The molecule has 2 heterocycles. The van der Waals surface area contributed by atoms with E-state index in [4.69, 9.17) is 4.74 Å². The largest absolute Gasteiger partial charge is 0.494 e. The van der Waals surface area contributed by atoms with Crippen molar-refractivity contribution < 1.29 is 14.4 Å². The van der Waals surface area contributed by atoms with E-state index in [0.717, 1.165) is 42.0 Å². The summed E-state index contributed by atoms with van der Waals surface area (Å²) in [4.78, 5) is 2.28. The van der Waals surface area contributed by atoms with Gasteiger partial charge in [-0.1, -0.05) is 24.3 Å². The number of anilines is 1. The van der Waals surface area contributed by atoms with E-state index in [2.05, 4.69) is 40.7 Å². The van der Waals surface area contributed by atoms with Crippen LogP contribution in [0.2, 0.25) is 0 Å². The quantitative estimate of drug-likeness (QED) is 0.854. The lowest BCUT2D eigenvalue weighted by Crippen LogP contribution is -2.42. The van der Waals surface area contributed by atoms with Gasteiger partial charge in [0, 0.05) is 12.0 Å². The minimum atomic E-state index is -0.973. The first-order chi connectivity index (χ1) is 12.6. The fraction of sp³-hybridized carbons (Fsp3) is 0.409. The van der Waals surface area contributed by atoms with Gasteiger partial charge < -0.3 is 9.84 Å². The Morgan fingerprint density at radius 3 is 2.62 bits per heavy atom. The Bertz CT molecular complexity index is 828. The van der Waals surface area contributed by atoms with Crippen LogP contribution in [0.15, 0.2) is 48.5 Å². The molecule has 4 rings (SSSR count). The van der Waals surface area contributed by atoms with Gasteiger partial charge in [0.2, 0.25) is 0 Å². The SMILES string of the molecule is CCOc1ccc(N2C[C@](O)(c3ccccc3C)[N+]3=C2CCCC3)cc1. The van der Waals surface area contributed by atoms with Gasteiger partial charge in [-0.05, 0) is 56.5 Å². The summed E-state index contributed by atoms with van der Waals surface area (Å²) in [5.41, 5.74) is 2.28. The first-order valence-corrected chi connectivity index (χ1v) is 9.56. The van der Waals surface area contributed by atoms with Crippen molar-refractivity contribution in [1.29, 1.82) is 0 Å². The Morgan fingerprint density at radius 2 is 1.88 bits per heavy atom. The summed E-state index contributed by atoms with van der Waals surface area (Å²) in [5.74, 6) is 2.11. The van der Waals surface area contributed by atoms with Gasteiger partial charge in [-0.25, -0.2) is 9.48 Å². The number of aliphatic hydroxyl groups is 1. The van der Waals surface area contributed by atoms with Gasteiger partial charge in [-0.3, -0.25) is 0 Å². The summed E-state index contributed by atoms with van der Waals surface area (Å²) in [6.45, 7) is 6.19. The predicted octanol–water partition coefficient (Wildman–Crippen LogP) is 3.65. The van der Waals surface area contributed by atoms with Crippen LogP contribution in [-0.2, 0) is 5.72 Å². The van der Waals surface area contributed by atoms with Crippen LogP contribution in [0.5, 0.6) is 5.75 Å². The normalized spacial score (nSPS) is 22.5. The zero-order chi connectivity index (χ0) is 18.1. The molecule has 2 aliphatic heterocycles. The lowest BCUT2D eigenvalue weighted by Gasteiger charge is -2.26. The summed E-state index contributed by atoms with van der Waals surface area (Å²) >= 11 is 0. The Balaban J connectivity index is 1.74. The molecule has 4 nitrogen and oxygen atoms in total. The summed E-state index contributed by atoms with van der Waals surface area (Å²) in [7, 11) is 0. The van der Waals surface area contributed by atoms with Crippen LogP contribution < -0.4 is 9.64 Å². The van der Waals surface area contributed by atoms with Crippen LogP contribution in [0.3, 0.4) is 0 Å². The topological polar surface area (TPSA) is 35.7 Å². The van der Waals surface area contributed by atoms with Gasteiger partial charge in [0.05, 0.1) is 13.2 Å². The van der Waals surface area contributed by atoms with Crippen molar-refractivity contribution in [3.8, 4) is 5.75 Å². The predicted molar refractivity (Wildman–Crippen MR) is 104 cm³/mol. The fourth-order valence-electron chi connectivity index (χ4n) is 4.28. The van der Waals surface area contributed by atoms with Crippen molar-refractivity contribution in [3.63, 3.8) is 0 Å². The zero-order valence-electron chi connectivity index (χ0n) is 15.6. The molecule has 1 N–H and O–H groups in total. The zero-order valence-corrected chi connectivity index (χ0v) is 15.6. The molecule has 0 saturated heterocycles. The van der Waals surface area contributed by atoms with E-state index in [9.17, 15) is 5.11 Å². The molecule has 4 heteroatoms. The molecule has 0 amide bonds. The van der Waals surface area contributed by atoms with Crippen LogP contribution in [-0.4, -0.2) is 35.2 Å². The maximum Gasteiger partial charge on any atom is 0.271 e. The summed E-state index contributed by atoms with van der Waals surface area (Å²) < 4.78 is 7.79. The standard InChI is InChI=1S/C22H27N2O2/c1-3-26-19-13-11-18(12-14-19)23-16-22(25,20-9-5-4-8-17(20)2)24-15-7-6-10-21(23)24/h4-5,8-9,11-14,25H,3,6-7,10,15-16H2,1-2H3/q+1/t22-/m0/s1. The van der Waals surface area contributed by atoms with Crippen LogP contribution in [0.1, 0.15) is 37.3 Å². The second kappa shape index (κ2) is 6.76. The second-order valence-electron chi connectivity index (χ2n) is 7.17. The molecule has 0 radical (unpaired) electrons. The van der Waals surface area contributed by atoms with Gasteiger partial charge in [0.25, 0.3) is 11.6 Å². The van der Waals surface area contributed by atoms with Gasteiger partial charge in [0.15, 0.2) is 6.54 Å². The van der Waals surface area contributed by atoms with Crippen molar-refractivity contribution in [3.05, 3.63) is 59.7 Å². The summed E-state index contributed by atoms with van der Waals surface area (Å²) in [5, 5.41) is 11.7. The van der Waals surface area contributed by atoms with Crippen molar-refractivity contribution in [2.24, 2.45) is 0 Å². The van der Waals surface area contributed by atoms with E-state index in [0.29, 0.717) is 13.2 Å². The van der Waals surface area contributed by atoms with Crippen LogP contribution in [0, 0.1) is 6.92 Å². The van der Waals surface area contributed by atoms with Gasteiger partial charge in [-0.2, -0.15) is 0 Å². The smallest absolute Gasteiger partial charge is 0.271 e. The molecule has 26 heavy (non-hydrogen) atoms. The van der Waals surface area contributed by atoms with Crippen molar-refractivity contribution >= 4 is 11.5 Å². The van der Waals surface area contributed by atoms with Crippen molar-refractivity contribution in [1.82, 2.24) is 0 Å². The number of rotatable bonds is 4. The number of amidine groups is 1. The van der Waals surface area contributed by atoms with E-state index in [1.807, 2.05) is 31.2 Å². The van der Waals surface area contributed by atoms with Gasteiger partial charge in [0.1, 0.15) is 11.4 Å². The Hall–Kier alpha value is -2.33. The van der Waals surface area contributed by atoms with E-state index >= 15 is 0 Å². The third-order valence-corrected chi connectivity index (χ3v) is 5.52. The van der Waals surface area contributed by atoms with E-state index in [1.54, 1.807) is 0 Å². The molecular weight excluding hydrogens is 324 g/mol. The number of hydrogen-bond acceptors (Lipinski definition) is 3. The summed E-state index contributed by atoms with van der Waals surface area (Å²) in [6, 6.07) is 16.4. The molecular formula is C22H27N2O2+. The minimum absolute atomic E-state index is 0.557. The number of hydrogen-bond donors (Lipinski definition) is 1. The lowest BCUT2D eigenvalue weighted by molar-refractivity contribution is -0.661. The number of ether oxygens (including phenoxy) is 1. The molecule has 0 aromatic heterocycles. The molecule has 2 aromatic rings. The maximum atomic E-state index is 11.7. The Kier molecular flexibility index (Phi) is 4.45. The average molecular weight is 351 g/mol. The summed E-state index contributed by atoms with van der Waals surface area (Å²) in [6.07, 6.45) is 3.29. The molecule has 2 aromatic carbocycles. The highest BCUT2D eigenvalue weighted by Gasteiger charge is 2.52. The molecule has 0 bridgehead atoms. The molecule has 0 aliphatic carbocycles. The first-order valence-electron chi connectivity index (χ1n) is 9.56. The van der Waals surface area contributed by atoms with E-state index in [1.165, 1.54) is 12.3 Å². The molecule has 2 aliphatic rings. The minimum Gasteiger partial charge on any atom is -0.494 e.